The maximum Gasteiger partial charge on any atom is 0.0287 e. The van der Waals surface area contributed by atoms with Gasteiger partial charge in [0.05, 0.1) is 0 Å². The van der Waals surface area contributed by atoms with E-state index in [9.17, 15) is 0 Å². The van der Waals surface area contributed by atoms with Crippen molar-refractivity contribution in [3.8, 4) is 0 Å². The van der Waals surface area contributed by atoms with E-state index in [4.69, 9.17) is 5.53 Å². The van der Waals surface area contributed by atoms with Gasteiger partial charge in [0.25, 0.3) is 0 Å². The van der Waals surface area contributed by atoms with Crippen LogP contribution in [0.3, 0.4) is 0 Å². The van der Waals surface area contributed by atoms with E-state index in [2.05, 4.69) is 15.3 Å². The Balaban J connectivity index is 1.89. The Morgan fingerprint density at radius 3 is 2.62 bits per heavy atom. The van der Waals surface area contributed by atoms with Gasteiger partial charge in [0.15, 0.2) is 0 Å². The summed E-state index contributed by atoms with van der Waals surface area (Å²) in [5, 5.41) is 7.30. The molecule has 0 spiro atoms. The van der Waals surface area contributed by atoms with Crippen LogP contribution in [0.5, 0.6) is 0 Å². The Morgan fingerprint density at radius 2 is 2.00 bits per heavy atom. The first-order chi connectivity index (χ1) is 6.38. The molecular weight excluding hydrogens is 164 g/mol. The average Bonchev–Trinajstić information content (AvgIpc) is 2.14. The second-order valence-corrected chi connectivity index (χ2v) is 4.24. The number of azide groups is 1. The van der Waals surface area contributed by atoms with Gasteiger partial charge in [-0.3, -0.25) is 0 Å². The largest absolute Gasteiger partial charge is 0.311 e. The summed E-state index contributed by atoms with van der Waals surface area (Å²) in [4.78, 5) is 2.83. The van der Waals surface area contributed by atoms with Gasteiger partial charge in [0.2, 0.25) is 0 Å². The Labute approximate surface area is 78.3 Å². The molecule has 0 amide bonds. The number of hydrogen-bond donors (Lipinski definition) is 1. The number of fused-ring (bicyclic) bond motifs is 2. The lowest BCUT2D eigenvalue weighted by Crippen LogP contribution is -2.49. The molecular formula is C9H16N4. The van der Waals surface area contributed by atoms with Crippen molar-refractivity contribution in [1.82, 2.24) is 5.32 Å². The summed E-state index contributed by atoms with van der Waals surface area (Å²) >= 11 is 0. The zero-order valence-electron chi connectivity index (χ0n) is 7.82. The SMILES string of the molecule is [N-]=[N+]=NCC1CC2CCCC(C1)N2. The molecule has 0 aliphatic carbocycles. The van der Waals surface area contributed by atoms with Gasteiger partial charge in [-0.25, -0.2) is 0 Å². The maximum absolute atomic E-state index is 8.24. The van der Waals surface area contributed by atoms with Gasteiger partial charge in [-0.1, -0.05) is 11.5 Å². The van der Waals surface area contributed by atoms with Crippen molar-refractivity contribution in [3.63, 3.8) is 0 Å². The lowest BCUT2D eigenvalue weighted by Gasteiger charge is -2.40. The van der Waals surface area contributed by atoms with E-state index in [-0.39, 0.29) is 0 Å². The van der Waals surface area contributed by atoms with Crippen molar-refractivity contribution in [2.75, 3.05) is 6.54 Å². The highest BCUT2D eigenvalue weighted by Gasteiger charge is 2.30. The van der Waals surface area contributed by atoms with Crippen molar-refractivity contribution in [1.29, 1.82) is 0 Å². The molecule has 0 aromatic heterocycles. The van der Waals surface area contributed by atoms with Crippen LogP contribution in [0.25, 0.3) is 10.4 Å². The zero-order chi connectivity index (χ0) is 9.10. The van der Waals surface area contributed by atoms with Crippen LogP contribution in [-0.2, 0) is 0 Å². The molecule has 0 saturated carbocycles. The predicted molar refractivity (Wildman–Crippen MR) is 51.3 cm³/mol. The molecule has 2 aliphatic rings. The Kier molecular flexibility index (Phi) is 2.71. The van der Waals surface area contributed by atoms with Crippen molar-refractivity contribution in [3.05, 3.63) is 10.4 Å². The number of piperidine rings is 2. The highest BCUT2D eigenvalue weighted by Crippen LogP contribution is 2.29. The second-order valence-electron chi connectivity index (χ2n) is 4.24. The van der Waals surface area contributed by atoms with Crippen molar-refractivity contribution in [2.45, 2.75) is 44.2 Å². The van der Waals surface area contributed by atoms with E-state index in [1.165, 1.54) is 32.1 Å². The van der Waals surface area contributed by atoms with Crippen LogP contribution in [0, 0.1) is 5.92 Å². The fourth-order valence-corrected chi connectivity index (χ4v) is 2.68. The summed E-state index contributed by atoms with van der Waals surface area (Å²) in [5.41, 5.74) is 8.24. The van der Waals surface area contributed by atoms with Crippen LogP contribution in [0.1, 0.15) is 32.1 Å². The fourth-order valence-electron chi connectivity index (χ4n) is 2.68. The van der Waals surface area contributed by atoms with Gasteiger partial charge >= 0.3 is 0 Å². The van der Waals surface area contributed by atoms with Gasteiger partial charge < -0.3 is 5.32 Å². The first-order valence-corrected chi connectivity index (χ1v) is 5.15. The van der Waals surface area contributed by atoms with E-state index in [0.717, 1.165) is 0 Å². The van der Waals surface area contributed by atoms with E-state index in [0.29, 0.717) is 24.5 Å². The molecule has 2 bridgehead atoms. The summed E-state index contributed by atoms with van der Waals surface area (Å²) in [6, 6.07) is 1.40. The molecule has 2 fully saturated rings. The first-order valence-electron chi connectivity index (χ1n) is 5.15. The molecule has 2 saturated heterocycles. The molecule has 1 N–H and O–H groups in total. The Hall–Kier alpha value is -0.730. The van der Waals surface area contributed by atoms with Crippen LogP contribution in [0.15, 0.2) is 5.11 Å². The summed E-state index contributed by atoms with van der Waals surface area (Å²) in [7, 11) is 0. The van der Waals surface area contributed by atoms with E-state index >= 15 is 0 Å². The topological polar surface area (TPSA) is 60.8 Å². The molecule has 0 aromatic rings. The number of hydrogen-bond acceptors (Lipinski definition) is 2. The third-order valence-electron chi connectivity index (χ3n) is 3.22. The van der Waals surface area contributed by atoms with Gasteiger partial charge in [-0.15, -0.1) is 0 Å². The monoisotopic (exact) mass is 180 g/mol. The van der Waals surface area contributed by atoms with Crippen LogP contribution >= 0.6 is 0 Å². The minimum atomic E-state index is 0.632. The van der Waals surface area contributed by atoms with Crippen LogP contribution in [-0.4, -0.2) is 18.6 Å². The van der Waals surface area contributed by atoms with Gasteiger partial charge in [0, 0.05) is 23.5 Å². The highest BCUT2D eigenvalue weighted by molar-refractivity contribution is 4.89. The molecule has 0 aromatic carbocycles. The molecule has 2 heterocycles. The molecule has 2 atom stereocenters. The average molecular weight is 180 g/mol. The van der Waals surface area contributed by atoms with Crippen molar-refractivity contribution in [2.24, 2.45) is 11.0 Å². The minimum Gasteiger partial charge on any atom is -0.311 e. The van der Waals surface area contributed by atoms with Gasteiger partial charge in [-0.2, -0.15) is 0 Å². The molecule has 2 aliphatic heterocycles. The molecule has 2 unspecified atom stereocenters. The second kappa shape index (κ2) is 3.99. The quantitative estimate of drug-likeness (QED) is 0.395. The Morgan fingerprint density at radius 1 is 1.31 bits per heavy atom. The third-order valence-corrected chi connectivity index (χ3v) is 3.22. The third kappa shape index (κ3) is 2.14. The molecule has 2 rings (SSSR count). The lowest BCUT2D eigenvalue weighted by atomic mass is 9.80. The molecule has 13 heavy (non-hydrogen) atoms. The number of nitrogens with zero attached hydrogens (tertiary/aromatic N) is 3. The van der Waals surface area contributed by atoms with Crippen LogP contribution in [0.2, 0.25) is 0 Å². The normalized spacial score (nSPS) is 38.0. The molecule has 72 valence electrons. The lowest BCUT2D eigenvalue weighted by molar-refractivity contribution is 0.189. The minimum absolute atomic E-state index is 0.632. The molecule has 4 heteroatoms. The van der Waals surface area contributed by atoms with E-state index < -0.39 is 0 Å². The predicted octanol–water partition coefficient (Wildman–Crippen LogP) is 2.22. The maximum atomic E-state index is 8.24. The van der Waals surface area contributed by atoms with Crippen molar-refractivity contribution >= 4 is 0 Å². The standard InChI is InChI=1S/C9H16N4/c10-13-11-6-7-4-8-2-1-3-9(5-7)12-8/h7-9,12H,1-6H2. The smallest absolute Gasteiger partial charge is 0.0287 e. The number of rotatable bonds is 2. The van der Waals surface area contributed by atoms with Gasteiger partial charge in [-0.05, 0) is 37.1 Å². The van der Waals surface area contributed by atoms with Crippen LogP contribution in [0.4, 0.5) is 0 Å². The molecule has 4 nitrogen and oxygen atoms in total. The number of nitrogens with one attached hydrogen (secondary N) is 1. The Bertz CT molecular complexity index is 210. The first kappa shape index (κ1) is 8.85. The molecule has 0 radical (unpaired) electrons. The summed E-state index contributed by atoms with van der Waals surface area (Å²) in [5.74, 6) is 0.632. The summed E-state index contributed by atoms with van der Waals surface area (Å²) in [6.07, 6.45) is 6.40. The van der Waals surface area contributed by atoms with Gasteiger partial charge in [0.1, 0.15) is 0 Å². The summed E-state index contributed by atoms with van der Waals surface area (Å²) < 4.78 is 0. The summed E-state index contributed by atoms with van der Waals surface area (Å²) in [6.45, 7) is 0.700. The van der Waals surface area contributed by atoms with Crippen molar-refractivity contribution < 1.29 is 0 Å². The zero-order valence-corrected chi connectivity index (χ0v) is 7.82. The van der Waals surface area contributed by atoms with E-state index in [1.807, 2.05) is 0 Å². The fraction of sp³-hybridized carbons (Fsp3) is 1.00. The highest BCUT2D eigenvalue weighted by atomic mass is 15.1. The van der Waals surface area contributed by atoms with E-state index in [1.54, 1.807) is 0 Å². The van der Waals surface area contributed by atoms with Crippen LogP contribution < -0.4 is 5.32 Å².